The van der Waals surface area contributed by atoms with E-state index in [0.29, 0.717) is 5.92 Å². The first-order valence-corrected chi connectivity index (χ1v) is 8.46. The SMILES string of the molecule is CCCCn1c(C)nc2cc3c(cc21)CC1CNCC3C1. The molecule has 21 heavy (non-hydrogen) atoms. The smallest absolute Gasteiger partial charge is 0.106 e. The Morgan fingerprint density at radius 3 is 3.10 bits per heavy atom. The van der Waals surface area contributed by atoms with Crippen LogP contribution in [0.5, 0.6) is 0 Å². The van der Waals surface area contributed by atoms with Crippen LogP contribution < -0.4 is 5.32 Å². The van der Waals surface area contributed by atoms with Gasteiger partial charge < -0.3 is 9.88 Å². The Balaban J connectivity index is 1.82. The molecule has 1 aromatic carbocycles. The zero-order valence-corrected chi connectivity index (χ0v) is 13.2. The molecule has 0 radical (unpaired) electrons. The quantitative estimate of drug-likeness (QED) is 0.935. The Labute approximate surface area is 126 Å². The second kappa shape index (κ2) is 5.13. The van der Waals surface area contributed by atoms with Crippen molar-refractivity contribution in [2.75, 3.05) is 13.1 Å². The van der Waals surface area contributed by atoms with E-state index in [2.05, 4.69) is 35.9 Å². The van der Waals surface area contributed by atoms with Gasteiger partial charge in [0.15, 0.2) is 0 Å². The lowest BCUT2D eigenvalue weighted by atomic mass is 9.74. The van der Waals surface area contributed by atoms with E-state index in [1.165, 1.54) is 49.1 Å². The number of aryl methyl sites for hydroxylation is 2. The molecule has 0 amide bonds. The minimum atomic E-state index is 0.706. The van der Waals surface area contributed by atoms with E-state index in [0.717, 1.165) is 19.0 Å². The second-order valence-corrected chi connectivity index (χ2v) is 6.86. The molecule has 2 aliphatic rings. The van der Waals surface area contributed by atoms with Crippen molar-refractivity contribution >= 4 is 11.0 Å². The maximum atomic E-state index is 4.82. The minimum Gasteiger partial charge on any atom is -0.328 e. The molecule has 4 rings (SSSR count). The van der Waals surface area contributed by atoms with Gasteiger partial charge in [0, 0.05) is 13.1 Å². The summed E-state index contributed by atoms with van der Waals surface area (Å²) in [7, 11) is 0. The first-order valence-electron chi connectivity index (χ1n) is 8.46. The normalized spacial score (nSPS) is 24.3. The summed E-state index contributed by atoms with van der Waals surface area (Å²) in [5, 5.41) is 3.59. The number of piperidine rings is 1. The molecule has 3 heteroatoms. The fourth-order valence-corrected chi connectivity index (χ4v) is 4.24. The summed E-state index contributed by atoms with van der Waals surface area (Å²) >= 11 is 0. The molecule has 2 atom stereocenters. The van der Waals surface area contributed by atoms with Crippen LogP contribution in [0.25, 0.3) is 11.0 Å². The third-order valence-electron chi connectivity index (χ3n) is 5.33. The number of nitrogens with zero attached hydrogens (tertiary/aromatic N) is 2. The van der Waals surface area contributed by atoms with Gasteiger partial charge in [-0.25, -0.2) is 4.98 Å². The Hall–Kier alpha value is -1.35. The highest BCUT2D eigenvalue weighted by Crippen LogP contribution is 2.38. The molecule has 1 N–H and O–H groups in total. The highest BCUT2D eigenvalue weighted by molar-refractivity contribution is 5.78. The van der Waals surface area contributed by atoms with E-state index in [1.807, 2.05) is 0 Å². The number of imidazole rings is 1. The average Bonchev–Trinajstić information content (AvgIpc) is 2.78. The third kappa shape index (κ3) is 2.18. The lowest BCUT2D eigenvalue weighted by molar-refractivity contribution is 0.318. The Bertz CT molecular complexity index is 671. The Morgan fingerprint density at radius 1 is 1.33 bits per heavy atom. The van der Waals surface area contributed by atoms with Crippen LogP contribution in [0.3, 0.4) is 0 Å². The van der Waals surface area contributed by atoms with E-state index in [4.69, 9.17) is 4.98 Å². The number of aromatic nitrogens is 2. The zero-order valence-electron chi connectivity index (χ0n) is 13.2. The van der Waals surface area contributed by atoms with Crippen molar-refractivity contribution in [1.29, 1.82) is 0 Å². The van der Waals surface area contributed by atoms with Crippen molar-refractivity contribution in [2.45, 2.75) is 52.0 Å². The van der Waals surface area contributed by atoms with Crippen molar-refractivity contribution < 1.29 is 0 Å². The molecule has 2 heterocycles. The highest BCUT2D eigenvalue weighted by atomic mass is 15.1. The molecule has 112 valence electrons. The summed E-state index contributed by atoms with van der Waals surface area (Å²) in [5.41, 5.74) is 5.70. The second-order valence-electron chi connectivity index (χ2n) is 6.86. The van der Waals surface area contributed by atoms with E-state index in [9.17, 15) is 0 Å². The number of rotatable bonds is 3. The highest BCUT2D eigenvalue weighted by Gasteiger charge is 2.30. The van der Waals surface area contributed by atoms with Crippen LogP contribution >= 0.6 is 0 Å². The van der Waals surface area contributed by atoms with Crippen LogP contribution in [0.1, 0.15) is 49.1 Å². The maximum Gasteiger partial charge on any atom is 0.106 e. The number of unbranched alkanes of at least 4 members (excludes halogenated alkanes) is 1. The van der Waals surface area contributed by atoms with Gasteiger partial charge in [0.2, 0.25) is 0 Å². The number of hydrogen-bond acceptors (Lipinski definition) is 2. The maximum absolute atomic E-state index is 4.82. The molecule has 1 aliphatic carbocycles. The average molecular weight is 283 g/mol. The molecule has 1 aromatic heterocycles. The van der Waals surface area contributed by atoms with Crippen LogP contribution in [0, 0.1) is 12.8 Å². The van der Waals surface area contributed by atoms with Gasteiger partial charge in [-0.15, -0.1) is 0 Å². The fraction of sp³-hybridized carbons (Fsp3) is 0.611. The first-order chi connectivity index (χ1) is 10.3. The van der Waals surface area contributed by atoms with Gasteiger partial charge in [-0.05, 0) is 67.8 Å². The van der Waals surface area contributed by atoms with Gasteiger partial charge in [0.25, 0.3) is 0 Å². The summed E-state index contributed by atoms with van der Waals surface area (Å²) in [6.45, 7) is 7.84. The van der Waals surface area contributed by atoms with Crippen molar-refractivity contribution in [3.63, 3.8) is 0 Å². The van der Waals surface area contributed by atoms with E-state index in [1.54, 1.807) is 11.1 Å². The standard InChI is InChI=1S/C18H25N3/c1-3-4-5-21-12(2)20-17-9-16-14(8-18(17)21)6-13-7-15(16)11-19-10-13/h8-9,13,15,19H,3-7,10-11H2,1-2H3. The van der Waals surface area contributed by atoms with E-state index < -0.39 is 0 Å². The van der Waals surface area contributed by atoms with Gasteiger partial charge in [-0.2, -0.15) is 0 Å². The van der Waals surface area contributed by atoms with Crippen LogP contribution in [-0.4, -0.2) is 22.6 Å². The van der Waals surface area contributed by atoms with Gasteiger partial charge in [0.1, 0.15) is 5.82 Å². The van der Waals surface area contributed by atoms with Crippen LogP contribution in [-0.2, 0) is 13.0 Å². The van der Waals surface area contributed by atoms with Crippen LogP contribution in [0.4, 0.5) is 0 Å². The van der Waals surface area contributed by atoms with Gasteiger partial charge >= 0.3 is 0 Å². The van der Waals surface area contributed by atoms with E-state index in [-0.39, 0.29) is 0 Å². The fourth-order valence-electron chi connectivity index (χ4n) is 4.24. The lowest BCUT2D eigenvalue weighted by Gasteiger charge is -2.36. The molecule has 0 saturated carbocycles. The van der Waals surface area contributed by atoms with Crippen molar-refractivity contribution in [3.05, 3.63) is 29.1 Å². The third-order valence-corrected chi connectivity index (χ3v) is 5.33. The lowest BCUT2D eigenvalue weighted by Crippen LogP contribution is -2.39. The van der Waals surface area contributed by atoms with Gasteiger partial charge in [0.05, 0.1) is 11.0 Å². The predicted octanol–water partition coefficient (Wildman–Crippen LogP) is 3.39. The minimum absolute atomic E-state index is 0.706. The van der Waals surface area contributed by atoms with Gasteiger partial charge in [-0.3, -0.25) is 0 Å². The van der Waals surface area contributed by atoms with Crippen molar-refractivity contribution in [1.82, 2.24) is 14.9 Å². The molecular weight excluding hydrogens is 258 g/mol. The number of benzene rings is 1. The monoisotopic (exact) mass is 283 g/mol. The number of fused-ring (bicyclic) bond motifs is 5. The molecule has 0 spiro atoms. The summed E-state index contributed by atoms with van der Waals surface area (Å²) in [6.07, 6.45) is 5.08. The largest absolute Gasteiger partial charge is 0.328 e. The molecule has 1 saturated heterocycles. The molecule has 1 fully saturated rings. The molecule has 2 aromatic rings. The summed E-state index contributed by atoms with van der Waals surface area (Å²) in [6, 6.07) is 4.83. The number of hydrogen-bond donors (Lipinski definition) is 1. The topological polar surface area (TPSA) is 29.9 Å². The zero-order chi connectivity index (χ0) is 14.4. The summed E-state index contributed by atoms with van der Waals surface area (Å²) < 4.78 is 2.42. The first kappa shape index (κ1) is 13.3. The Kier molecular flexibility index (Phi) is 3.26. The number of nitrogens with one attached hydrogen (secondary N) is 1. The van der Waals surface area contributed by atoms with Crippen molar-refractivity contribution in [3.8, 4) is 0 Å². The van der Waals surface area contributed by atoms with Crippen molar-refractivity contribution in [2.24, 2.45) is 5.92 Å². The van der Waals surface area contributed by atoms with Gasteiger partial charge in [-0.1, -0.05) is 13.3 Å². The summed E-state index contributed by atoms with van der Waals surface area (Å²) in [4.78, 5) is 4.82. The molecule has 1 aliphatic heterocycles. The molecule has 2 bridgehead atoms. The molecule has 2 unspecified atom stereocenters. The Morgan fingerprint density at radius 2 is 2.24 bits per heavy atom. The van der Waals surface area contributed by atoms with Crippen LogP contribution in [0.2, 0.25) is 0 Å². The summed E-state index contributed by atoms with van der Waals surface area (Å²) in [5.74, 6) is 2.71. The molecule has 3 nitrogen and oxygen atoms in total. The van der Waals surface area contributed by atoms with E-state index >= 15 is 0 Å². The predicted molar refractivity (Wildman–Crippen MR) is 86.8 cm³/mol. The van der Waals surface area contributed by atoms with Crippen LogP contribution in [0.15, 0.2) is 12.1 Å². The molecular formula is C18H25N3.